The van der Waals surface area contributed by atoms with Gasteiger partial charge in [-0.1, -0.05) is 30.3 Å². The molecule has 1 unspecified atom stereocenters. The van der Waals surface area contributed by atoms with Gasteiger partial charge >= 0.3 is 0 Å². The minimum absolute atomic E-state index is 0.0165. The minimum atomic E-state index is 0.0165. The second-order valence-electron chi connectivity index (χ2n) is 6.20. The lowest BCUT2D eigenvalue weighted by atomic mass is 9.88. The van der Waals surface area contributed by atoms with E-state index in [0.717, 1.165) is 38.8 Å². The highest BCUT2D eigenvalue weighted by molar-refractivity contribution is 5.76. The third-order valence-electron chi connectivity index (χ3n) is 4.57. The molecule has 2 fully saturated rings. The summed E-state index contributed by atoms with van der Waals surface area (Å²) in [5, 5.41) is 6.50. The fourth-order valence-electron chi connectivity index (χ4n) is 3.37. The van der Waals surface area contributed by atoms with Crippen molar-refractivity contribution in [2.45, 2.75) is 43.7 Å². The first-order valence-electron chi connectivity index (χ1n) is 7.94. The van der Waals surface area contributed by atoms with Gasteiger partial charge in [0.2, 0.25) is 5.91 Å². The number of amides is 1. The molecule has 1 aromatic carbocycles. The van der Waals surface area contributed by atoms with Gasteiger partial charge in [-0.3, -0.25) is 4.79 Å². The first kappa shape index (κ1) is 14.5. The molecule has 1 aromatic rings. The molecule has 0 bridgehead atoms. The molecule has 4 heteroatoms. The van der Waals surface area contributed by atoms with Crippen molar-refractivity contribution in [1.29, 1.82) is 0 Å². The van der Waals surface area contributed by atoms with E-state index in [1.165, 1.54) is 5.56 Å². The Balaban J connectivity index is 1.43. The zero-order valence-electron chi connectivity index (χ0n) is 12.4. The Bertz CT molecular complexity index is 469. The number of rotatable bonds is 4. The van der Waals surface area contributed by atoms with Gasteiger partial charge in [0.05, 0.1) is 18.2 Å². The molecule has 2 N–H and O–H groups in total. The van der Waals surface area contributed by atoms with Gasteiger partial charge in [0, 0.05) is 6.42 Å². The molecule has 114 valence electrons. The van der Waals surface area contributed by atoms with E-state index in [1.807, 2.05) is 18.2 Å². The molecule has 2 aliphatic rings. The van der Waals surface area contributed by atoms with Crippen LogP contribution in [0.4, 0.5) is 0 Å². The van der Waals surface area contributed by atoms with E-state index in [2.05, 4.69) is 22.8 Å². The zero-order valence-corrected chi connectivity index (χ0v) is 12.4. The minimum Gasteiger partial charge on any atom is -0.373 e. The van der Waals surface area contributed by atoms with Gasteiger partial charge in [0.15, 0.2) is 0 Å². The predicted octanol–water partition coefficient (Wildman–Crippen LogP) is 1.65. The van der Waals surface area contributed by atoms with Crippen molar-refractivity contribution >= 4 is 5.91 Å². The Morgan fingerprint density at radius 2 is 2.05 bits per heavy atom. The van der Waals surface area contributed by atoms with Crippen LogP contribution < -0.4 is 10.6 Å². The largest absolute Gasteiger partial charge is 0.373 e. The number of carbonyl (C=O) groups is 1. The Morgan fingerprint density at radius 3 is 2.81 bits per heavy atom. The fourth-order valence-corrected chi connectivity index (χ4v) is 3.37. The molecule has 0 radical (unpaired) electrons. The summed E-state index contributed by atoms with van der Waals surface area (Å²) in [7, 11) is 0. The van der Waals surface area contributed by atoms with Crippen LogP contribution in [-0.4, -0.2) is 37.2 Å². The maximum absolute atomic E-state index is 12.1. The molecule has 0 saturated carbocycles. The number of hydrogen-bond acceptors (Lipinski definition) is 3. The molecule has 2 saturated heterocycles. The van der Waals surface area contributed by atoms with Crippen LogP contribution in [0.5, 0.6) is 0 Å². The molecule has 4 nitrogen and oxygen atoms in total. The summed E-state index contributed by atoms with van der Waals surface area (Å²) in [5.74, 6) is 0.137. The van der Waals surface area contributed by atoms with Crippen LogP contribution in [0.3, 0.4) is 0 Å². The highest BCUT2D eigenvalue weighted by Crippen LogP contribution is 2.33. The van der Waals surface area contributed by atoms with E-state index in [4.69, 9.17) is 4.74 Å². The topological polar surface area (TPSA) is 50.4 Å². The van der Waals surface area contributed by atoms with Crippen molar-refractivity contribution in [3.63, 3.8) is 0 Å². The van der Waals surface area contributed by atoms with E-state index in [1.54, 1.807) is 0 Å². The van der Waals surface area contributed by atoms with Crippen LogP contribution in [0, 0.1) is 0 Å². The third kappa shape index (κ3) is 3.83. The molecule has 3 rings (SSSR count). The summed E-state index contributed by atoms with van der Waals surface area (Å²) < 4.78 is 6.00. The summed E-state index contributed by atoms with van der Waals surface area (Å²) in [4.78, 5) is 12.1. The summed E-state index contributed by atoms with van der Waals surface area (Å²) in [6.07, 6.45) is 4.43. The number of hydrogen-bond donors (Lipinski definition) is 2. The van der Waals surface area contributed by atoms with Gasteiger partial charge in [-0.2, -0.15) is 0 Å². The monoisotopic (exact) mass is 288 g/mol. The van der Waals surface area contributed by atoms with E-state index in [0.29, 0.717) is 13.0 Å². The normalized spacial score (nSPS) is 24.1. The number of nitrogens with one attached hydrogen (secondary N) is 2. The summed E-state index contributed by atoms with van der Waals surface area (Å²) in [6.45, 7) is 2.71. The fraction of sp³-hybridized carbons (Fsp3) is 0.588. The van der Waals surface area contributed by atoms with Gasteiger partial charge in [0.25, 0.3) is 0 Å². The number of ether oxygens (including phenoxy) is 1. The van der Waals surface area contributed by atoms with Crippen molar-refractivity contribution in [3.05, 3.63) is 35.9 Å². The molecule has 2 aliphatic heterocycles. The van der Waals surface area contributed by atoms with Crippen LogP contribution >= 0.6 is 0 Å². The number of aryl methyl sites for hydroxylation is 1. The Labute approximate surface area is 126 Å². The first-order chi connectivity index (χ1) is 10.3. The smallest absolute Gasteiger partial charge is 0.220 e. The molecule has 1 atom stereocenters. The molecule has 1 spiro atoms. The second kappa shape index (κ2) is 6.58. The second-order valence-corrected chi connectivity index (χ2v) is 6.20. The Kier molecular flexibility index (Phi) is 4.56. The van der Waals surface area contributed by atoms with Crippen LogP contribution in [-0.2, 0) is 16.0 Å². The average molecular weight is 288 g/mol. The SMILES string of the molecule is O=C(CCc1ccccc1)NC1COC2(CCNCC2)C1. The van der Waals surface area contributed by atoms with Crippen molar-refractivity contribution < 1.29 is 9.53 Å². The van der Waals surface area contributed by atoms with Crippen molar-refractivity contribution in [2.24, 2.45) is 0 Å². The van der Waals surface area contributed by atoms with E-state index in [9.17, 15) is 4.79 Å². The highest BCUT2D eigenvalue weighted by Gasteiger charge is 2.41. The number of piperidine rings is 1. The molecule has 2 heterocycles. The zero-order chi connectivity index (χ0) is 14.5. The van der Waals surface area contributed by atoms with Crippen LogP contribution in [0.2, 0.25) is 0 Å². The predicted molar refractivity (Wildman–Crippen MR) is 82.1 cm³/mol. The highest BCUT2D eigenvalue weighted by atomic mass is 16.5. The molecule has 0 aliphatic carbocycles. The summed E-state index contributed by atoms with van der Waals surface area (Å²) in [5.41, 5.74) is 1.23. The van der Waals surface area contributed by atoms with Crippen LogP contribution in [0.25, 0.3) is 0 Å². The van der Waals surface area contributed by atoms with Gasteiger partial charge in [0.1, 0.15) is 0 Å². The Hall–Kier alpha value is -1.39. The maximum atomic E-state index is 12.1. The molecular weight excluding hydrogens is 264 g/mol. The van der Waals surface area contributed by atoms with Crippen molar-refractivity contribution in [2.75, 3.05) is 19.7 Å². The maximum Gasteiger partial charge on any atom is 0.220 e. The Morgan fingerprint density at radius 1 is 1.29 bits per heavy atom. The van der Waals surface area contributed by atoms with Gasteiger partial charge in [-0.05, 0) is 44.3 Å². The molecular formula is C17H24N2O2. The average Bonchev–Trinajstić information content (AvgIpc) is 2.89. The molecule has 0 aromatic heterocycles. The van der Waals surface area contributed by atoms with Gasteiger partial charge in [-0.25, -0.2) is 0 Å². The number of benzene rings is 1. The number of carbonyl (C=O) groups excluding carboxylic acids is 1. The van der Waals surface area contributed by atoms with E-state index >= 15 is 0 Å². The van der Waals surface area contributed by atoms with Gasteiger partial charge in [-0.15, -0.1) is 0 Å². The molecule has 1 amide bonds. The first-order valence-corrected chi connectivity index (χ1v) is 7.94. The standard InChI is InChI=1S/C17H24N2O2/c20-16(7-6-14-4-2-1-3-5-14)19-15-12-17(21-13-15)8-10-18-11-9-17/h1-5,15,18H,6-13H2,(H,19,20). The van der Waals surface area contributed by atoms with E-state index in [-0.39, 0.29) is 17.6 Å². The summed E-state index contributed by atoms with van der Waals surface area (Å²) in [6, 6.07) is 10.3. The van der Waals surface area contributed by atoms with Crippen LogP contribution in [0.15, 0.2) is 30.3 Å². The lowest BCUT2D eigenvalue weighted by Crippen LogP contribution is -2.43. The van der Waals surface area contributed by atoms with Crippen LogP contribution in [0.1, 0.15) is 31.2 Å². The molecule has 21 heavy (non-hydrogen) atoms. The van der Waals surface area contributed by atoms with Crippen molar-refractivity contribution in [1.82, 2.24) is 10.6 Å². The van der Waals surface area contributed by atoms with Gasteiger partial charge < -0.3 is 15.4 Å². The lowest BCUT2D eigenvalue weighted by molar-refractivity contribution is -0.121. The third-order valence-corrected chi connectivity index (χ3v) is 4.57. The van der Waals surface area contributed by atoms with Crippen molar-refractivity contribution in [3.8, 4) is 0 Å². The van der Waals surface area contributed by atoms with E-state index < -0.39 is 0 Å². The quantitative estimate of drug-likeness (QED) is 0.885. The lowest BCUT2D eigenvalue weighted by Gasteiger charge is -2.32. The summed E-state index contributed by atoms with van der Waals surface area (Å²) >= 11 is 0.